The summed E-state index contributed by atoms with van der Waals surface area (Å²) in [6, 6.07) is 6.48. The summed E-state index contributed by atoms with van der Waals surface area (Å²) < 4.78 is 0. The lowest BCUT2D eigenvalue weighted by atomic mass is 10.1. The van der Waals surface area contributed by atoms with Crippen molar-refractivity contribution >= 4 is 23.5 Å². The summed E-state index contributed by atoms with van der Waals surface area (Å²) >= 11 is 0. The van der Waals surface area contributed by atoms with Crippen LogP contribution in [-0.4, -0.2) is 42.5 Å². The fourth-order valence-electron chi connectivity index (χ4n) is 2.24. The van der Waals surface area contributed by atoms with E-state index in [0.717, 1.165) is 0 Å². The Morgan fingerprint density at radius 2 is 2.00 bits per heavy atom. The maximum absolute atomic E-state index is 11.9. The van der Waals surface area contributed by atoms with Crippen molar-refractivity contribution in [3.63, 3.8) is 0 Å². The van der Waals surface area contributed by atoms with Gasteiger partial charge in [-0.25, -0.2) is 0 Å². The Balaban J connectivity index is 2.04. The number of nitrogens with one attached hydrogen (secondary N) is 1. The molecular weight excluding hydrogens is 274 g/mol. The summed E-state index contributed by atoms with van der Waals surface area (Å²) in [5.41, 5.74) is 6.64. The molecule has 1 unspecified atom stereocenters. The maximum atomic E-state index is 11.9. The number of benzene rings is 1. The normalized spacial score (nSPS) is 17.9. The number of nitrogens with zero attached hydrogens (tertiary/aromatic N) is 1. The van der Waals surface area contributed by atoms with Gasteiger partial charge in [0.15, 0.2) is 0 Å². The zero-order valence-corrected chi connectivity index (χ0v) is 11.4. The summed E-state index contributed by atoms with van der Waals surface area (Å²) in [7, 11) is 0. The van der Waals surface area contributed by atoms with Crippen molar-refractivity contribution in [3.05, 3.63) is 29.8 Å². The molecule has 7 nitrogen and oxygen atoms in total. The van der Waals surface area contributed by atoms with E-state index in [1.807, 2.05) is 0 Å². The first kappa shape index (κ1) is 15.0. The molecule has 2 rings (SSSR count). The highest BCUT2D eigenvalue weighted by Gasteiger charge is 2.29. The fourth-order valence-corrected chi connectivity index (χ4v) is 2.24. The number of carboxylic acids is 1. The second kappa shape index (κ2) is 6.36. The van der Waals surface area contributed by atoms with Gasteiger partial charge in [0.1, 0.15) is 6.54 Å². The molecule has 2 amide bonds. The summed E-state index contributed by atoms with van der Waals surface area (Å²) in [4.78, 5) is 35.6. The molecule has 112 valence electrons. The van der Waals surface area contributed by atoms with E-state index in [1.165, 1.54) is 0 Å². The van der Waals surface area contributed by atoms with E-state index in [4.69, 9.17) is 10.8 Å². The highest BCUT2D eigenvalue weighted by Crippen LogP contribution is 2.24. The van der Waals surface area contributed by atoms with E-state index >= 15 is 0 Å². The average molecular weight is 291 g/mol. The van der Waals surface area contributed by atoms with Crippen LogP contribution in [0.15, 0.2) is 24.3 Å². The molecule has 1 aromatic carbocycles. The number of carbonyl (C=O) groups is 3. The van der Waals surface area contributed by atoms with Crippen LogP contribution in [0, 0.1) is 5.92 Å². The van der Waals surface area contributed by atoms with Crippen LogP contribution in [0.2, 0.25) is 0 Å². The molecule has 1 fully saturated rings. The molecule has 0 spiro atoms. The first-order valence-electron chi connectivity index (χ1n) is 6.61. The van der Waals surface area contributed by atoms with Gasteiger partial charge < -0.3 is 21.1 Å². The van der Waals surface area contributed by atoms with Crippen molar-refractivity contribution < 1.29 is 19.5 Å². The molecule has 0 bridgehead atoms. The van der Waals surface area contributed by atoms with Crippen LogP contribution in [0.4, 0.5) is 5.69 Å². The maximum Gasteiger partial charge on any atom is 0.322 e. The molecule has 4 N–H and O–H groups in total. The molecule has 0 radical (unpaired) electrons. The minimum atomic E-state index is -1.10. The highest BCUT2D eigenvalue weighted by atomic mass is 16.4. The van der Waals surface area contributed by atoms with E-state index in [0.29, 0.717) is 30.8 Å². The van der Waals surface area contributed by atoms with Crippen LogP contribution in [0.5, 0.6) is 0 Å². The van der Waals surface area contributed by atoms with Crippen LogP contribution in [0.25, 0.3) is 0 Å². The zero-order valence-electron chi connectivity index (χ0n) is 11.4. The molecule has 1 heterocycles. The lowest BCUT2D eigenvalue weighted by molar-refractivity contribution is -0.135. The summed E-state index contributed by atoms with van der Waals surface area (Å²) in [6.45, 7) is 0.626. The molecule has 0 aromatic heterocycles. The summed E-state index contributed by atoms with van der Waals surface area (Å²) in [5.74, 6) is -1.38. The number of nitrogens with two attached hydrogens (primary N) is 1. The number of amides is 2. The van der Waals surface area contributed by atoms with Crippen molar-refractivity contribution in [2.75, 3.05) is 24.5 Å². The van der Waals surface area contributed by atoms with Crippen molar-refractivity contribution in [2.45, 2.75) is 6.42 Å². The summed E-state index contributed by atoms with van der Waals surface area (Å²) in [5, 5.41) is 10.8. The van der Waals surface area contributed by atoms with Crippen LogP contribution >= 0.6 is 0 Å². The number of hydrogen-bond donors (Lipinski definition) is 3. The zero-order chi connectivity index (χ0) is 15.4. The second-order valence-corrected chi connectivity index (χ2v) is 4.93. The van der Waals surface area contributed by atoms with Gasteiger partial charge in [-0.2, -0.15) is 0 Å². The van der Waals surface area contributed by atoms with E-state index < -0.39 is 18.4 Å². The molecular formula is C14H17N3O4. The Hall–Kier alpha value is -2.41. The molecule has 0 saturated carbocycles. The lowest BCUT2D eigenvalue weighted by Crippen LogP contribution is -2.29. The van der Waals surface area contributed by atoms with E-state index in [1.54, 1.807) is 29.2 Å². The third kappa shape index (κ3) is 3.57. The fraction of sp³-hybridized carbons (Fsp3) is 0.357. The molecule has 1 atom stereocenters. The molecule has 1 saturated heterocycles. The van der Waals surface area contributed by atoms with Crippen molar-refractivity contribution in [1.29, 1.82) is 0 Å². The molecule has 1 aromatic rings. The van der Waals surface area contributed by atoms with Crippen LogP contribution < -0.4 is 16.0 Å². The van der Waals surface area contributed by atoms with Gasteiger partial charge in [0.05, 0.1) is 0 Å². The Labute approximate surface area is 121 Å². The van der Waals surface area contributed by atoms with E-state index in [-0.39, 0.29) is 11.8 Å². The first-order chi connectivity index (χ1) is 10.0. The quantitative estimate of drug-likeness (QED) is 0.696. The monoisotopic (exact) mass is 291 g/mol. The predicted octanol–water partition coefficient (Wildman–Crippen LogP) is -0.187. The molecule has 1 aliphatic rings. The van der Waals surface area contributed by atoms with Gasteiger partial charge in [-0.05, 0) is 36.7 Å². The third-order valence-electron chi connectivity index (χ3n) is 3.38. The number of rotatable bonds is 5. The molecule has 0 aliphatic carbocycles. The highest BCUT2D eigenvalue weighted by molar-refractivity contribution is 5.98. The average Bonchev–Trinajstić information content (AvgIpc) is 2.86. The predicted molar refractivity (Wildman–Crippen MR) is 75.9 cm³/mol. The van der Waals surface area contributed by atoms with Crippen molar-refractivity contribution in [3.8, 4) is 0 Å². The largest absolute Gasteiger partial charge is 0.480 e. The Bertz CT molecular complexity index is 556. The van der Waals surface area contributed by atoms with Gasteiger partial charge in [0.2, 0.25) is 5.91 Å². The van der Waals surface area contributed by atoms with Gasteiger partial charge in [-0.1, -0.05) is 0 Å². The van der Waals surface area contributed by atoms with Crippen molar-refractivity contribution in [1.82, 2.24) is 5.32 Å². The van der Waals surface area contributed by atoms with Gasteiger partial charge in [0.25, 0.3) is 5.91 Å². The topological polar surface area (TPSA) is 113 Å². The second-order valence-electron chi connectivity index (χ2n) is 4.93. The first-order valence-corrected chi connectivity index (χ1v) is 6.61. The van der Waals surface area contributed by atoms with E-state index in [2.05, 4.69) is 5.32 Å². The number of hydrogen-bond acceptors (Lipinski definition) is 4. The summed E-state index contributed by atoms with van der Waals surface area (Å²) in [6.07, 6.45) is 0.442. The Kier molecular flexibility index (Phi) is 4.54. The third-order valence-corrected chi connectivity index (χ3v) is 3.38. The smallest absolute Gasteiger partial charge is 0.322 e. The Morgan fingerprint density at radius 1 is 1.33 bits per heavy atom. The van der Waals surface area contributed by atoms with E-state index in [9.17, 15) is 14.4 Å². The number of aliphatic carboxylic acids is 1. The number of carbonyl (C=O) groups excluding carboxylic acids is 2. The molecule has 7 heteroatoms. The SMILES string of the molecule is NCC1CC(=O)N(c2ccc(C(=O)NCC(=O)O)cc2)C1. The molecule has 1 aliphatic heterocycles. The minimum absolute atomic E-state index is 0.0218. The molecule has 21 heavy (non-hydrogen) atoms. The van der Waals surface area contributed by atoms with Crippen molar-refractivity contribution in [2.24, 2.45) is 11.7 Å². The Morgan fingerprint density at radius 3 is 2.52 bits per heavy atom. The van der Waals surface area contributed by atoms with Crippen LogP contribution in [0.3, 0.4) is 0 Å². The van der Waals surface area contributed by atoms with Gasteiger partial charge >= 0.3 is 5.97 Å². The van der Waals surface area contributed by atoms with Gasteiger partial charge in [-0.3, -0.25) is 14.4 Å². The number of anilines is 1. The standard InChI is InChI=1S/C14H17N3O4/c15-6-9-5-12(18)17(8-9)11-3-1-10(2-4-11)14(21)16-7-13(19)20/h1-4,9H,5-8,15H2,(H,16,21)(H,19,20). The van der Waals surface area contributed by atoms with Gasteiger partial charge in [-0.15, -0.1) is 0 Å². The van der Waals surface area contributed by atoms with Gasteiger partial charge in [0, 0.05) is 24.2 Å². The minimum Gasteiger partial charge on any atom is -0.480 e. The van der Waals surface area contributed by atoms with Crippen LogP contribution in [-0.2, 0) is 9.59 Å². The number of carboxylic acid groups (broad SMARTS) is 1. The lowest BCUT2D eigenvalue weighted by Gasteiger charge is -2.16. The van der Waals surface area contributed by atoms with Crippen LogP contribution in [0.1, 0.15) is 16.8 Å².